The van der Waals surface area contributed by atoms with Crippen LogP contribution in [-0.2, 0) is 9.53 Å². The maximum Gasteiger partial charge on any atom is 0.387 e. The molecule has 1 heterocycles. The van der Waals surface area contributed by atoms with Gasteiger partial charge in [0, 0.05) is 11.7 Å². The van der Waals surface area contributed by atoms with Crippen LogP contribution in [0.5, 0.6) is 5.75 Å². The van der Waals surface area contributed by atoms with Crippen LogP contribution in [0.1, 0.15) is 49.4 Å². The highest BCUT2D eigenvalue weighted by Gasteiger charge is 2.42. The molecule has 0 saturated heterocycles. The summed E-state index contributed by atoms with van der Waals surface area (Å²) in [6.07, 6.45) is 1.78. The summed E-state index contributed by atoms with van der Waals surface area (Å²) >= 11 is 0. The van der Waals surface area contributed by atoms with Crippen molar-refractivity contribution in [2.24, 2.45) is 0 Å². The molecule has 1 atom stereocenters. The Hall–Kier alpha value is -2.64. The first kappa shape index (κ1) is 20.1. The number of carbonyl (C=O) groups excluding carboxylic acids is 2. The molecule has 0 unspecified atom stereocenters. The summed E-state index contributed by atoms with van der Waals surface area (Å²) in [5.41, 5.74) is 2.53. The molecule has 0 spiro atoms. The largest absolute Gasteiger partial charge is 0.463 e. The lowest BCUT2D eigenvalue weighted by Gasteiger charge is -2.35. The van der Waals surface area contributed by atoms with Crippen molar-refractivity contribution < 1.29 is 27.8 Å². The highest BCUT2D eigenvalue weighted by molar-refractivity contribution is 5.95. The smallest absolute Gasteiger partial charge is 0.387 e. The molecule has 3 rings (SSSR count). The van der Waals surface area contributed by atoms with Crippen molar-refractivity contribution in [1.82, 2.24) is 10.2 Å². The number of carbonyl (C=O) groups is 2. The van der Waals surface area contributed by atoms with Crippen LogP contribution in [0, 0.1) is 13.8 Å². The zero-order valence-corrected chi connectivity index (χ0v) is 16.3. The second kappa shape index (κ2) is 7.77. The third-order valence-corrected chi connectivity index (χ3v) is 4.96. The molecule has 0 bridgehead atoms. The summed E-state index contributed by atoms with van der Waals surface area (Å²) in [6, 6.07) is 2.39. The van der Waals surface area contributed by atoms with Crippen molar-refractivity contribution in [2.75, 3.05) is 6.61 Å². The van der Waals surface area contributed by atoms with Gasteiger partial charge in [0.05, 0.1) is 18.2 Å². The second-order valence-electron chi connectivity index (χ2n) is 7.07. The Kier molecular flexibility index (Phi) is 5.58. The number of halogens is 2. The van der Waals surface area contributed by atoms with Gasteiger partial charge in [-0.05, 0) is 69.4 Å². The lowest BCUT2D eigenvalue weighted by Crippen LogP contribution is -2.48. The Morgan fingerprint density at radius 1 is 1.25 bits per heavy atom. The van der Waals surface area contributed by atoms with Crippen LogP contribution in [0.25, 0.3) is 0 Å². The van der Waals surface area contributed by atoms with Gasteiger partial charge in [0.25, 0.3) is 0 Å². The van der Waals surface area contributed by atoms with Gasteiger partial charge in [-0.3, -0.25) is 4.90 Å². The van der Waals surface area contributed by atoms with Crippen molar-refractivity contribution in [2.45, 2.75) is 59.2 Å². The number of urea groups is 1. The standard InChI is InChI=1S/C20H24F2N2O4/c1-5-27-18(25)15-12(4)24(14-6-7-14)20(26)23-16(15)13-8-10(2)17(11(3)9-13)28-19(21)22/h8-9,14,16,19H,5-7H2,1-4H3,(H,23,26)/t16-/m1/s1. The first-order valence-electron chi connectivity index (χ1n) is 9.28. The van der Waals surface area contributed by atoms with Gasteiger partial charge in [-0.1, -0.05) is 0 Å². The van der Waals surface area contributed by atoms with E-state index in [0.29, 0.717) is 28.0 Å². The summed E-state index contributed by atoms with van der Waals surface area (Å²) in [5, 5.41) is 2.88. The molecule has 1 aromatic rings. The van der Waals surface area contributed by atoms with E-state index in [2.05, 4.69) is 10.1 Å². The number of hydrogen-bond acceptors (Lipinski definition) is 4. The Morgan fingerprint density at radius 3 is 2.36 bits per heavy atom. The number of allylic oxidation sites excluding steroid dienone is 1. The van der Waals surface area contributed by atoms with E-state index in [1.807, 2.05) is 0 Å². The number of nitrogens with zero attached hydrogens (tertiary/aromatic N) is 1. The molecule has 0 radical (unpaired) electrons. The maximum absolute atomic E-state index is 12.7. The maximum atomic E-state index is 12.7. The topological polar surface area (TPSA) is 67.9 Å². The molecule has 1 aliphatic heterocycles. The van der Waals surface area contributed by atoms with E-state index in [0.717, 1.165) is 12.8 Å². The molecule has 1 saturated carbocycles. The number of esters is 1. The van der Waals surface area contributed by atoms with Gasteiger partial charge in [0.1, 0.15) is 5.75 Å². The summed E-state index contributed by atoms with van der Waals surface area (Å²) in [4.78, 5) is 27.0. The summed E-state index contributed by atoms with van der Waals surface area (Å²) in [7, 11) is 0. The molecule has 8 heteroatoms. The highest BCUT2D eigenvalue weighted by atomic mass is 19.3. The number of nitrogens with one attached hydrogen (secondary N) is 1. The van der Waals surface area contributed by atoms with E-state index in [4.69, 9.17) is 4.74 Å². The first-order valence-corrected chi connectivity index (χ1v) is 9.28. The third kappa shape index (κ3) is 3.81. The van der Waals surface area contributed by atoms with Gasteiger partial charge in [-0.25, -0.2) is 9.59 Å². The van der Waals surface area contributed by atoms with E-state index in [9.17, 15) is 18.4 Å². The van der Waals surface area contributed by atoms with E-state index >= 15 is 0 Å². The van der Waals surface area contributed by atoms with Crippen LogP contribution < -0.4 is 10.1 Å². The van der Waals surface area contributed by atoms with Crippen molar-refractivity contribution in [1.29, 1.82) is 0 Å². The van der Waals surface area contributed by atoms with Crippen LogP contribution in [-0.4, -0.2) is 36.2 Å². The van der Waals surface area contributed by atoms with Crippen LogP contribution in [0.3, 0.4) is 0 Å². The zero-order valence-electron chi connectivity index (χ0n) is 16.3. The SMILES string of the molecule is CCOC(=O)C1=C(C)N(C2CC2)C(=O)N[C@@H]1c1cc(C)c(OC(F)F)c(C)c1. The fourth-order valence-corrected chi connectivity index (χ4v) is 3.68. The normalized spacial score (nSPS) is 19.8. The van der Waals surface area contributed by atoms with Gasteiger partial charge >= 0.3 is 18.6 Å². The number of alkyl halides is 2. The summed E-state index contributed by atoms with van der Waals surface area (Å²) in [5.74, 6) is -0.405. The second-order valence-corrected chi connectivity index (χ2v) is 7.07. The summed E-state index contributed by atoms with van der Waals surface area (Å²) in [6.45, 7) is 4.03. The van der Waals surface area contributed by atoms with Gasteiger partial charge < -0.3 is 14.8 Å². The van der Waals surface area contributed by atoms with Crippen molar-refractivity contribution >= 4 is 12.0 Å². The molecule has 1 N–H and O–H groups in total. The average molecular weight is 394 g/mol. The third-order valence-electron chi connectivity index (χ3n) is 4.96. The molecular weight excluding hydrogens is 370 g/mol. The Balaban J connectivity index is 2.06. The van der Waals surface area contributed by atoms with Crippen LogP contribution >= 0.6 is 0 Å². The number of rotatable bonds is 6. The van der Waals surface area contributed by atoms with E-state index in [1.54, 1.807) is 44.7 Å². The Bertz CT molecular complexity index is 810. The highest BCUT2D eigenvalue weighted by Crippen LogP contribution is 2.39. The molecule has 6 nitrogen and oxygen atoms in total. The number of ether oxygens (including phenoxy) is 2. The predicted octanol–water partition coefficient (Wildman–Crippen LogP) is 3.97. The number of benzene rings is 1. The predicted molar refractivity (Wildman–Crippen MR) is 98.0 cm³/mol. The van der Waals surface area contributed by atoms with Crippen LogP contribution in [0.15, 0.2) is 23.4 Å². The molecular formula is C20H24F2N2O4. The lowest BCUT2D eigenvalue weighted by molar-refractivity contribution is -0.139. The van der Waals surface area contributed by atoms with Gasteiger partial charge in [0.2, 0.25) is 0 Å². The first-order chi connectivity index (χ1) is 13.2. The van der Waals surface area contributed by atoms with Crippen molar-refractivity contribution in [3.63, 3.8) is 0 Å². The molecule has 1 aliphatic carbocycles. The minimum absolute atomic E-state index is 0.0932. The molecule has 1 aromatic carbocycles. The monoisotopic (exact) mass is 394 g/mol. The molecule has 0 aromatic heterocycles. The number of amides is 2. The van der Waals surface area contributed by atoms with E-state index in [1.165, 1.54) is 0 Å². The Morgan fingerprint density at radius 2 is 1.86 bits per heavy atom. The van der Waals surface area contributed by atoms with Gasteiger partial charge in [-0.15, -0.1) is 0 Å². The zero-order chi connectivity index (χ0) is 20.6. The summed E-state index contributed by atoms with van der Waals surface area (Å²) < 4.78 is 35.1. The van der Waals surface area contributed by atoms with Gasteiger partial charge in [0.15, 0.2) is 0 Å². The molecule has 1 fully saturated rings. The quantitative estimate of drug-likeness (QED) is 0.742. The van der Waals surface area contributed by atoms with Crippen LogP contribution in [0.2, 0.25) is 0 Å². The lowest BCUT2D eigenvalue weighted by atomic mass is 9.92. The Labute approximate surface area is 162 Å². The number of aryl methyl sites for hydroxylation is 2. The molecule has 2 amide bonds. The number of hydrogen-bond donors (Lipinski definition) is 1. The fraction of sp³-hybridized carbons (Fsp3) is 0.500. The molecule has 28 heavy (non-hydrogen) atoms. The minimum Gasteiger partial charge on any atom is -0.463 e. The van der Waals surface area contributed by atoms with Gasteiger partial charge in [-0.2, -0.15) is 8.78 Å². The van der Waals surface area contributed by atoms with Crippen molar-refractivity contribution in [3.05, 3.63) is 40.1 Å². The van der Waals surface area contributed by atoms with E-state index in [-0.39, 0.29) is 24.4 Å². The minimum atomic E-state index is -2.93. The fourth-order valence-electron chi connectivity index (χ4n) is 3.68. The molecule has 152 valence electrons. The van der Waals surface area contributed by atoms with Crippen molar-refractivity contribution in [3.8, 4) is 5.75 Å². The van der Waals surface area contributed by atoms with E-state index < -0.39 is 18.6 Å². The average Bonchev–Trinajstić information content (AvgIpc) is 3.42. The molecule has 2 aliphatic rings. The van der Waals surface area contributed by atoms with Crippen LogP contribution in [0.4, 0.5) is 13.6 Å².